The second-order valence-corrected chi connectivity index (χ2v) is 3.46. The SMILES string of the molecule is C=CCOc1ccc(/C=C(\C)C(=O)O)cc1O. The summed E-state index contributed by atoms with van der Waals surface area (Å²) in [6, 6.07) is 4.70. The van der Waals surface area contributed by atoms with Crippen LogP contribution in [0.25, 0.3) is 6.08 Å². The first kappa shape index (κ1) is 12.8. The molecule has 4 heteroatoms. The summed E-state index contributed by atoms with van der Waals surface area (Å²) in [6.45, 7) is 5.29. The molecule has 2 N–H and O–H groups in total. The van der Waals surface area contributed by atoms with Gasteiger partial charge in [0.15, 0.2) is 11.5 Å². The third-order valence-corrected chi connectivity index (χ3v) is 2.06. The van der Waals surface area contributed by atoms with Crippen LogP contribution in [-0.2, 0) is 4.79 Å². The van der Waals surface area contributed by atoms with E-state index in [0.29, 0.717) is 17.9 Å². The molecule has 0 amide bonds. The van der Waals surface area contributed by atoms with E-state index in [-0.39, 0.29) is 11.3 Å². The number of phenols is 1. The van der Waals surface area contributed by atoms with Gasteiger partial charge in [-0.05, 0) is 30.7 Å². The number of rotatable bonds is 5. The minimum Gasteiger partial charge on any atom is -0.504 e. The van der Waals surface area contributed by atoms with Crippen molar-refractivity contribution in [2.24, 2.45) is 0 Å². The first-order valence-electron chi connectivity index (χ1n) is 5.03. The summed E-state index contributed by atoms with van der Waals surface area (Å²) in [7, 11) is 0. The molecule has 90 valence electrons. The van der Waals surface area contributed by atoms with Gasteiger partial charge in [0.05, 0.1) is 0 Å². The fraction of sp³-hybridized carbons (Fsp3) is 0.154. The molecule has 0 radical (unpaired) electrons. The van der Waals surface area contributed by atoms with Gasteiger partial charge >= 0.3 is 5.97 Å². The number of aromatic hydroxyl groups is 1. The van der Waals surface area contributed by atoms with E-state index in [2.05, 4.69) is 6.58 Å². The molecule has 0 bridgehead atoms. The van der Waals surface area contributed by atoms with Crippen molar-refractivity contribution in [2.75, 3.05) is 6.61 Å². The van der Waals surface area contributed by atoms with Gasteiger partial charge in [0.25, 0.3) is 0 Å². The fourth-order valence-corrected chi connectivity index (χ4v) is 1.21. The average molecular weight is 234 g/mol. The molecule has 0 aliphatic carbocycles. The van der Waals surface area contributed by atoms with Crippen LogP contribution in [0.3, 0.4) is 0 Å². The summed E-state index contributed by atoms with van der Waals surface area (Å²) >= 11 is 0. The van der Waals surface area contributed by atoms with Gasteiger partial charge in [-0.3, -0.25) is 0 Å². The number of carbonyl (C=O) groups is 1. The van der Waals surface area contributed by atoms with Crippen LogP contribution in [-0.4, -0.2) is 22.8 Å². The Bertz CT molecular complexity index is 460. The quantitative estimate of drug-likeness (QED) is 0.606. The van der Waals surface area contributed by atoms with Gasteiger partial charge < -0.3 is 14.9 Å². The van der Waals surface area contributed by atoms with E-state index >= 15 is 0 Å². The van der Waals surface area contributed by atoms with Crippen LogP contribution in [0.1, 0.15) is 12.5 Å². The fourth-order valence-electron chi connectivity index (χ4n) is 1.21. The van der Waals surface area contributed by atoms with E-state index in [1.165, 1.54) is 19.1 Å². The van der Waals surface area contributed by atoms with Gasteiger partial charge in [-0.15, -0.1) is 0 Å². The van der Waals surface area contributed by atoms with Crippen molar-refractivity contribution < 1.29 is 19.7 Å². The standard InChI is InChI=1S/C13H14O4/c1-3-6-17-12-5-4-10(8-11(12)14)7-9(2)13(15)16/h3-5,7-8,14H,1,6H2,2H3,(H,15,16)/b9-7+. The Balaban J connectivity index is 2.92. The molecule has 0 spiro atoms. The molecule has 0 aromatic heterocycles. The maximum absolute atomic E-state index is 10.6. The lowest BCUT2D eigenvalue weighted by Gasteiger charge is -2.06. The summed E-state index contributed by atoms with van der Waals surface area (Å²) in [5.41, 5.74) is 0.803. The van der Waals surface area contributed by atoms with Gasteiger partial charge in [-0.1, -0.05) is 18.7 Å². The van der Waals surface area contributed by atoms with E-state index in [1.54, 1.807) is 18.2 Å². The molecule has 0 aliphatic rings. The molecular formula is C13H14O4. The number of phenolic OH excluding ortho intramolecular Hbond substituents is 1. The van der Waals surface area contributed by atoms with Gasteiger partial charge in [-0.25, -0.2) is 4.79 Å². The molecule has 0 saturated heterocycles. The number of carboxylic acid groups (broad SMARTS) is 1. The van der Waals surface area contributed by atoms with Crippen LogP contribution < -0.4 is 4.74 Å². The smallest absolute Gasteiger partial charge is 0.331 e. The minimum absolute atomic E-state index is 0.0289. The second-order valence-electron chi connectivity index (χ2n) is 3.46. The summed E-state index contributed by atoms with van der Waals surface area (Å²) in [5.74, 6) is -0.676. The highest BCUT2D eigenvalue weighted by atomic mass is 16.5. The first-order valence-corrected chi connectivity index (χ1v) is 5.03. The van der Waals surface area contributed by atoms with Crippen LogP contribution in [0.15, 0.2) is 36.4 Å². The maximum atomic E-state index is 10.6. The number of aliphatic carboxylic acids is 1. The predicted molar refractivity (Wildman–Crippen MR) is 65.1 cm³/mol. The van der Waals surface area contributed by atoms with E-state index in [9.17, 15) is 9.90 Å². The molecule has 1 aromatic carbocycles. The van der Waals surface area contributed by atoms with Crippen LogP contribution in [0.4, 0.5) is 0 Å². The lowest BCUT2D eigenvalue weighted by molar-refractivity contribution is -0.132. The molecule has 4 nitrogen and oxygen atoms in total. The molecule has 1 aromatic rings. The number of benzene rings is 1. The first-order chi connectivity index (χ1) is 8.04. The van der Waals surface area contributed by atoms with Crippen LogP contribution >= 0.6 is 0 Å². The van der Waals surface area contributed by atoms with Crippen molar-refractivity contribution in [3.63, 3.8) is 0 Å². The molecule has 0 unspecified atom stereocenters. The van der Waals surface area contributed by atoms with E-state index in [4.69, 9.17) is 9.84 Å². The molecule has 0 atom stereocenters. The van der Waals surface area contributed by atoms with Crippen molar-refractivity contribution in [2.45, 2.75) is 6.92 Å². The molecule has 1 rings (SSSR count). The maximum Gasteiger partial charge on any atom is 0.331 e. The Kier molecular flexibility index (Phi) is 4.34. The van der Waals surface area contributed by atoms with Crippen LogP contribution in [0.5, 0.6) is 11.5 Å². The van der Waals surface area contributed by atoms with Gasteiger partial charge in [0.2, 0.25) is 0 Å². The predicted octanol–water partition coefficient (Wildman–Crippen LogP) is 2.44. The summed E-state index contributed by atoms with van der Waals surface area (Å²) in [6.07, 6.45) is 3.04. The Morgan fingerprint density at radius 3 is 2.76 bits per heavy atom. The number of ether oxygens (including phenoxy) is 1. The van der Waals surface area contributed by atoms with E-state index < -0.39 is 5.97 Å². The lowest BCUT2D eigenvalue weighted by atomic mass is 10.1. The molecule has 0 fully saturated rings. The summed E-state index contributed by atoms with van der Waals surface area (Å²) < 4.78 is 5.19. The summed E-state index contributed by atoms with van der Waals surface area (Å²) in [5, 5.41) is 18.4. The Morgan fingerprint density at radius 2 is 2.24 bits per heavy atom. The topological polar surface area (TPSA) is 66.8 Å². The second kappa shape index (κ2) is 5.75. The van der Waals surface area contributed by atoms with Crippen molar-refractivity contribution in [1.29, 1.82) is 0 Å². The van der Waals surface area contributed by atoms with E-state index in [1.807, 2.05) is 0 Å². The van der Waals surface area contributed by atoms with Crippen molar-refractivity contribution >= 4 is 12.0 Å². The van der Waals surface area contributed by atoms with Crippen molar-refractivity contribution in [3.8, 4) is 11.5 Å². The summed E-state index contributed by atoms with van der Waals surface area (Å²) in [4.78, 5) is 10.6. The van der Waals surface area contributed by atoms with Crippen molar-refractivity contribution in [1.82, 2.24) is 0 Å². The van der Waals surface area contributed by atoms with Gasteiger partial charge in [0.1, 0.15) is 6.61 Å². The minimum atomic E-state index is -0.989. The Hall–Kier alpha value is -2.23. The number of hydrogen-bond acceptors (Lipinski definition) is 3. The monoisotopic (exact) mass is 234 g/mol. The Labute approximate surface area is 99.5 Å². The molecular weight excluding hydrogens is 220 g/mol. The molecule has 17 heavy (non-hydrogen) atoms. The molecule has 0 saturated carbocycles. The highest BCUT2D eigenvalue weighted by molar-refractivity contribution is 5.91. The third-order valence-electron chi connectivity index (χ3n) is 2.06. The molecule has 0 aliphatic heterocycles. The molecule has 0 heterocycles. The number of hydrogen-bond donors (Lipinski definition) is 2. The Morgan fingerprint density at radius 1 is 1.53 bits per heavy atom. The highest BCUT2D eigenvalue weighted by Gasteiger charge is 2.04. The third kappa shape index (κ3) is 3.68. The van der Waals surface area contributed by atoms with Gasteiger partial charge in [0, 0.05) is 5.57 Å². The van der Waals surface area contributed by atoms with Gasteiger partial charge in [-0.2, -0.15) is 0 Å². The van der Waals surface area contributed by atoms with Crippen LogP contribution in [0, 0.1) is 0 Å². The zero-order valence-electron chi connectivity index (χ0n) is 9.51. The average Bonchev–Trinajstić information content (AvgIpc) is 2.28. The largest absolute Gasteiger partial charge is 0.504 e. The normalized spacial score (nSPS) is 11.0. The van der Waals surface area contributed by atoms with Crippen molar-refractivity contribution in [3.05, 3.63) is 42.0 Å². The highest BCUT2D eigenvalue weighted by Crippen LogP contribution is 2.27. The van der Waals surface area contributed by atoms with E-state index in [0.717, 1.165) is 0 Å². The number of carboxylic acids is 1. The van der Waals surface area contributed by atoms with Crippen LogP contribution in [0.2, 0.25) is 0 Å². The lowest BCUT2D eigenvalue weighted by Crippen LogP contribution is -1.96. The zero-order valence-corrected chi connectivity index (χ0v) is 9.51. The zero-order chi connectivity index (χ0) is 12.8.